The Hall–Kier alpha value is -0.0800. The minimum Gasteiger partial charge on any atom is -0.392 e. The first kappa shape index (κ1) is 18.3. The number of rotatable bonds is 4. The van der Waals surface area contributed by atoms with Crippen LogP contribution in [0.4, 0.5) is 0 Å². The van der Waals surface area contributed by atoms with Crippen molar-refractivity contribution in [3.8, 4) is 0 Å². The van der Waals surface area contributed by atoms with Gasteiger partial charge in [0, 0.05) is 0 Å². The number of hydrogen-bond donors (Lipinski definition) is 6. The third-order valence-electron chi connectivity index (χ3n) is 0.924. The molecule has 9 nitrogen and oxygen atoms in total. The predicted molar refractivity (Wildman–Crippen MR) is 53.1 cm³/mol. The topological polar surface area (TPSA) is 165 Å². The van der Waals surface area contributed by atoms with Gasteiger partial charge < -0.3 is 29.6 Å². The van der Waals surface area contributed by atoms with E-state index in [1.165, 1.54) is 6.08 Å². The van der Waals surface area contributed by atoms with Gasteiger partial charge in [0.2, 0.25) is 0 Å². The summed E-state index contributed by atoms with van der Waals surface area (Å²) in [4.78, 5) is 38.0. The largest absolute Gasteiger partial charge is 0.469 e. The molecule has 0 heterocycles. The van der Waals surface area contributed by atoms with Gasteiger partial charge in [0.05, 0.1) is 13.2 Å². The first-order valence-electron chi connectivity index (χ1n) is 3.70. The molecule has 0 aromatic rings. The molecule has 0 spiro atoms. The van der Waals surface area contributed by atoms with Gasteiger partial charge in [-0.2, -0.15) is 0 Å². The molecule has 98 valence electrons. The molecular formula is C5H14O9P2. The summed E-state index contributed by atoms with van der Waals surface area (Å²) in [7, 11) is -9.00. The average Bonchev–Trinajstić information content (AvgIpc) is 1.98. The van der Waals surface area contributed by atoms with Crippen LogP contribution in [-0.4, -0.2) is 42.8 Å². The maximum Gasteiger partial charge on any atom is 0.469 e. The summed E-state index contributed by atoms with van der Waals surface area (Å²) in [6.45, 7) is 1.31. The Balaban J connectivity index is 0. The Morgan fingerprint density at radius 1 is 1.19 bits per heavy atom. The van der Waals surface area contributed by atoms with E-state index in [1.807, 2.05) is 0 Å². The van der Waals surface area contributed by atoms with E-state index < -0.39 is 15.6 Å². The van der Waals surface area contributed by atoms with E-state index in [4.69, 9.17) is 34.1 Å². The Morgan fingerprint density at radius 2 is 1.56 bits per heavy atom. The highest BCUT2D eigenvalue weighted by Gasteiger charge is 2.11. The molecule has 0 rings (SSSR count). The average molecular weight is 280 g/mol. The zero-order valence-electron chi connectivity index (χ0n) is 8.29. The lowest BCUT2D eigenvalue weighted by Crippen LogP contribution is -1.91. The van der Waals surface area contributed by atoms with Crippen molar-refractivity contribution in [3.63, 3.8) is 0 Å². The molecule has 0 amide bonds. The van der Waals surface area contributed by atoms with Crippen molar-refractivity contribution >= 4 is 15.6 Å². The second kappa shape index (κ2) is 8.08. The first-order chi connectivity index (χ1) is 6.95. The van der Waals surface area contributed by atoms with Crippen LogP contribution in [0.25, 0.3) is 0 Å². The molecule has 11 heteroatoms. The van der Waals surface area contributed by atoms with Gasteiger partial charge in [-0.05, 0) is 12.5 Å². The van der Waals surface area contributed by atoms with Crippen molar-refractivity contribution in [1.82, 2.24) is 0 Å². The van der Waals surface area contributed by atoms with Gasteiger partial charge in [-0.25, -0.2) is 9.13 Å². The molecule has 0 aliphatic heterocycles. The molecule has 0 radical (unpaired) electrons. The van der Waals surface area contributed by atoms with Crippen molar-refractivity contribution in [3.05, 3.63) is 11.6 Å². The van der Waals surface area contributed by atoms with E-state index in [1.54, 1.807) is 6.92 Å². The summed E-state index contributed by atoms with van der Waals surface area (Å²) in [6, 6.07) is 0. The second-order valence-electron chi connectivity index (χ2n) is 2.51. The molecule has 0 aliphatic carbocycles. The van der Waals surface area contributed by atoms with E-state index in [-0.39, 0.29) is 13.2 Å². The Bertz CT molecular complexity index is 291. The maximum atomic E-state index is 10.1. The standard InChI is InChI=1S/C5H11O5P.H3O4P/c1-5(4-6)2-3-10-11(7,8)9;1-5(2,3)4/h2,6H,3-4H2,1H3,(H2,7,8,9);(H3,1,2,3,4)/b5-2+;. The molecule has 0 aromatic carbocycles. The van der Waals surface area contributed by atoms with Crippen molar-refractivity contribution in [2.24, 2.45) is 0 Å². The number of aliphatic hydroxyl groups excluding tert-OH is 1. The highest BCUT2D eigenvalue weighted by atomic mass is 31.2. The van der Waals surface area contributed by atoms with E-state index in [0.717, 1.165) is 0 Å². The summed E-state index contributed by atoms with van der Waals surface area (Å²) >= 11 is 0. The van der Waals surface area contributed by atoms with Gasteiger partial charge >= 0.3 is 15.6 Å². The number of aliphatic hydroxyl groups is 1. The van der Waals surface area contributed by atoms with Crippen LogP contribution in [0.2, 0.25) is 0 Å². The second-order valence-corrected chi connectivity index (χ2v) is 4.77. The molecule has 0 unspecified atom stereocenters. The van der Waals surface area contributed by atoms with Crippen molar-refractivity contribution < 1.29 is 43.2 Å². The van der Waals surface area contributed by atoms with Gasteiger partial charge in [-0.1, -0.05) is 6.08 Å². The Kier molecular flexibility index (Phi) is 9.23. The van der Waals surface area contributed by atoms with Crippen molar-refractivity contribution in [2.75, 3.05) is 13.2 Å². The zero-order chi connectivity index (χ0) is 13.4. The fourth-order valence-electron chi connectivity index (χ4n) is 0.341. The summed E-state index contributed by atoms with van der Waals surface area (Å²) in [5.74, 6) is 0. The van der Waals surface area contributed by atoms with Crippen LogP contribution in [0.3, 0.4) is 0 Å². The molecule has 0 bridgehead atoms. The smallest absolute Gasteiger partial charge is 0.392 e. The van der Waals surface area contributed by atoms with Crippen LogP contribution < -0.4 is 0 Å². The summed E-state index contributed by atoms with van der Waals surface area (Å²) in [5, 5.41) is 8.45. The lowest BCUT2D eigenvalue weighted by molar-refractivity contribution is 0.214. The summed E-state index contributed by atoms with van der Waals surface area (Å²) in [6.07, 6.45) is 1.40. The Morgan fingerprint density at radius 3 is 1.81 bits per heavy atom. The molecule has 6 N–H and O–H groups in total. The number of hydrogen-bond acceptors (Lipinski definition) is 4. The number of phosphoric ester groups is 1. The minimum absolute atomic E-state index is 0.134. The predicted octanol–water partition coefficient (Wildman–Crippen LogP) is -0.894. The van der Waals surface area contributed by atoms with Crippen LogP contribution >= 0.6 is 15.6 Å². The number of phosphoric acid groups is 2. The van der Waals surface area contributed by atoms with E-state index >= 15 is 0 Å². The quantitative estimate of drug-likeness (QED) is 0.283. The molecular weight excluding hydrogens is 266 g/mol. The third kappa shape index (κ3) is 29.2. The van der Waals surface area contributed by atoms with Crippen LogP contribution in [-0.2, 0) is 13.7 Å². The van der Waals surface area contributed by atoms with Gasteiger partial charge in [0.25, 0.3) is 0 Å². The minimum atomic E-state index is -4.64. The van der Waals surface area contributed by atoms with Gasteiger partial charge in [-0.15, -0.1) is 0 Å². The van der Waals surface area contributed by atoms with Crippen LogP contribution in [0.1, 0.15) is 6.92 Å². The van der Waals surface area contributed by atoms with Crippen molar-refractivity contribution in [2.45, 2.75) is 6.92 Å². The van der Waals surface area contributed by atoms with E-state index in [2.05, 4.69) is 4.52 Å². The van der Waals surface area contributed by atoms with Gasteiger partial charge in [0.1, 0.15) is 0 Å². The molecule has 0 aromatic heterocycles. The van der Waals surface area contributed by atoms with Crippen LogP contribution in [0.15, 0.2) is 11.6 Å². The molecule has 0 saturated carbocycles. The molecule has 0 aliphatic rings. The van der Waals surface area contributed by atoms with Crippen LogP contribution in [0.5, 0.6) is 0 Å². The lowest BCUT2D eigenvalue weighted by atomic mass is 10.3. The molecule has 0 saturated heterocycles. The summed E-state index contributed by atoms with van der Waals surface area (Å²) < 4.78 is 23.0. The fraction of sp³-hybridized carbons (Fsp3) is 0.600. The van der Waals surface area contributed by atoms with E-state index in [9.17, 15) is 4.57 Å². The maximum absolute atomic E-state index is 10.1. The zero-order valence-corrected chi connectivity index (χ0v) is 10.1. The van der Waals surface area contributed by atoms with Crippen molar-refractivity contribution in [1.29, 1.82) is 0 Å². The summed E-state index contributed by atoms with van der Waals surface area (Å²) in [5.41, 5.74) is 0.610. The Labute approximate surface area is 91.5 Å². The monoisotopic (exact) mass is 280 g/mol. The molecule has 0 atom stereocenters. The SMILES string of the molecule is C/C(=C\COP(=O)(O)O)CO.O=P(O)(O)O. The normalized spacial score (nSPS) is 13.1. The van der Waals surface area contributed by atoms with Gasteiger partial charge in [0.15, 0.2) is 0 Å². The highest BCUT2D eigenvalue weighted by Crippen LogP contribution is 2.35. The fourth-order valence-corrected chi connectivity index (χ4v) is 0.610. The van der Waals surface area contributed by atoms with E-state index in [0.29, 0.717) is 5.57 Å². The van der Waals surface area contributed by atoms with Gasteiger partial charge in [-0.3, -0.25) is 4.52 Å². The molecule has 16 heavy (non-hydrogen) atoms. The highest BCUT2D eigenvalue weighted by molar-refractivity contribution is 7.46. The lowest BCUT2D eigenvalue weighted by Gasteiger charge is -2.01. The van der Waals surface area contributed by atoms with Crippen LogP contribution in [0, 0.1) is 0 Å². The third-order valence-corrected chi connectivity index (χ3v) is 1.41. The first-order valence-corrected chi connectivity index (χ1v) is 6.80. The molecule has 0 fully saturated rings.